The summed E-state index contributed by atoms with van der Waals surface area (Å²) in [6.45, 7) is 6.77. The van der Waals surface area contributed by atoms with Gasteiger partial charge in [-0.1, -0.05) is 17.7 Å². The molecule has 3 heteroatoms. The standard InChI is InChI=1S/C16H20N2O/c1-12-8-13(2)16(14(3)9-12)5-4-15(19)10-18-7-6-17-11-18/h6-9,11H,4-5,10H2,1-3H3. The van der Waals surface area contributed by atoms with Crippen LogP contribution >= 0.6 is 0 Å². The van der Waals surface area contributed by atoms with E-state index in [1.165, 1.54) is 22.3 Å². The molecule has 2 aromatic rings. The Balaban J connectivity index is 1.97. The van der Waals surface area contributed by atoms with E-state index < -0.39 is 0 Å². The molecule has 0 atom stereocenters. The average molecular weight is 256 g/mol. The number of nitrogens with zero attached hydrogens (tertiary/aromatic N) is 2. The lowest BCUT2D eigenvalue weighted by atomic mass is 9.95. The third kappa shape index (κ3) is 3.53. The first-order valence-electron chi connectivity index (χ1n) is 6.60. The molecule has 100 valence electrons. The molecule has 3 nitrogen and oxygen atoms in total. The van der Waals surface area contributed by atoms with E-state index in [-0.39, 0.29) is 5.78 Å². The quantitative estimate of drug-likeness (QED) is 0.824. The van der Waals surface area contributed by atoms with E-state index >= 15 is 0 Å². The Hall–Kier alpha value is -1.90. The molecule has 0 saturated carbocycles. The van der Waals surface area contributed by atoms with Crippen LogP contribution in [0.1, 0.15) is 28.7 Å². The van der Waals surface area contributed by atoms with Crippen LogP contribution in [-0.4, -0.2) is 15.3 Å². The van der Waals surface area contributed by atoms with Gasteiger partial charge in [-0.25, -0.2) is 4.98 Å². The highest BCUT2D eigenvalue weighted by Gasteiger charge is 2.08. The molecule has 0 radical (unpaired) electrons. The van der Waals surface area contributed by atoms with Gasteiger partial charge in [0.05, 0.1) is 12.9 Å². The maximum absolute atomic E-state index is 11.9. The number of aryl methyl sites for hydroxylation is 3. The SMILES string of the molecule is Cc1cc(C)c(CCC(=O)Cn2ccnc2)c(C)c1. The smallest absolute Gasteiger partial charge is 0.152 e. The van der Waals surface area contributed by atoms with Crippen molar-refractivity contribution in [3.05, 3.63) is 53.1 Å². The summed E-state index contributed by atoms with van der Waals surface area (Å²) in [5.41, 5.74) is 5.16. The van der Waals surface area contributed by atoms with Crippen molar-refractivity contribution in [3.63, 3.8) is 0 Å². The first kappa shape index (κ1) is 13.5. The van der Waals surface area contributed by atoms with Gasteiger partial charge < -0.3 is 4.57 Å². The number of hydrogen-bond donors (Lipinski definition) is 0. The third-order valence-corrected chi connectivity index (χ3v) is 3.41. The maximum atomic E-state index is 11.9. The molecule has 19 heavy (non-hydrogen) atoms. The second-order valence-electron chi connectivity index (χ2n) is 5.15. The first-order chi connectivity index (χ1) is 9.06. The molecule has 1 aromatic heterocycles. The molecule has 0 N–H and O–H groups in total. The monoisotopic (exact) mass is 256 g/mol. The molecular weight excluding hydrogens is 236 g/mol. The number of carbonyl (C=O) groups excluding carboxylic acids is 1. The number of benzene rings is 1. The Kier molecular flexibility index (Phi) is 4.15. The molecule has 0 spiro atoms. The summed E-state index contributed by atoms with van der Waals surface area (Å²) in [6.07, 6.45) is 6.61. The summed E-state index contributed by atoms with van der Waals surface area (Å²) in [5, 5.41) is 0. The van der Waals surface area contributed by atoms with Gasteiger partial charge in [-0.2, -0.15) is 0 Å². The Morgan fingerprint density at radius 2 is 1.89 bits per heavy atom. The maximum Gasteiger partial charge on any atom is 0.152 e. The normalized spacial score (nSPS) is 10.7. The number of hydrogen-bond acceptors (Lipinski definition) is 2. The number of rotatable bonds is 5. The fraction of sp³-hybridized carbons (Fsp3) is 0.375. The molecule has 0 aliphatic rings. The van der Waals surface area contributed by atoms with Crippen LogP contribution in [0, 0.1) is 20.8 Å². The van der Waals surface area contributed by atoms with Crippen LogP contribution in [0.2, 0.25) is 0 Å². The summed E-state index contributed by atoms with van der Waals surface area (Å²) in [5.74, 6) is 0.248. The van der Waals surface area contributed by atoms with Gasteiger partial charge in [-0.3, -0.25) is 4.79 Å². The number of imidazole rings is 1. The van der Waals surface area contributed by atoms with Crippen LogP contribution in [-0.2, 0) is 17.8 Å². The Morgan fingerprint density at radius 3 is 2.47 bits per heavy atom. The Labute approximate surface area is 114 Å². The molecule has 1 heterocycles. The number of ketones is 1. The van der Waals surface area contributed by atoms with E-state index in [1.807, 2.05) is 10.8 Å². The van der Waals surface area contributed by atoms with E-state index in [4.69, 9.17) is 0 Å². The van der Waals surface area contributed by atoms with Crippen molar-refractivity contribution in [2.24, 2.45) is 0 Å². The van der Waals surface area contributed by atoms with Gasteiger partial charge in [0, 0.05) is 18.8 Å². The fourth-order valence-electron chi connectivity index (χ4n) is 2.53. The van der Waals surface area contributed by atoms with E-state index in [2.05, 4.69) is 37.9 Å². The van der Waals surface area contributed by atoms with Crippen LogP contribution in [0.5, 0.6) is 0 Å². The van der Waals surface area contributed by atoms with Gasteiger partial charge in [0.2, 0.25) is 0 Å². The third-order valence-electron chi connectivity index (χ3n) is 3.41. The van der Waals surface area contributed by atoms with Crippen molar-refractivity contribution >= 4 is 5.78 Å². The van der Waals surface area contributed by atoms with Gasteiger partial charge in [-0.15, -0.1) is 0 Å². The molecule has 0 aliphatic heterocycles. The molecule has 0 bridgehead atoms. The second kappa shape index (κ2) is 5.83. The zero-order valence-electron chi connectivity index (χ0n) is 11.8. The zero-order chi connectivity index (χ0) is 13.8. The van der Waals surface area contributed by atoms with Gasteiger partial charge in [0.15, 0.2) is 5.78 Å². The molecular formula is C16H20N2O. The summed E-state index contributed by atoms with van der Waals surface area (Å²) in [4.78, 5) is 15.9. The summed E-state index contributed by atoms with van der Waals surface area (Å²) >= 11 is 0. The van der Waals surface area contributed by atoms with Gasteiger partial charge >= 0.3 is 0 Å². The second-order valence-corrected chi connectivity index (χ2v) is 5.15. The van der Waals surface area contributed by atoms with E-state index in [1.54, 1.807) is 12.5 Å². The van der Waals surface area contributed by atoms with E-state index in [0.717, 1.165) is 6.42 Å². The number of carbonyl (C=O) groups is 1. The Bertz CT molecular complexity index is 547. The van der Waals surface area contributed by atoms with Crippen LogP contribution in [0.3, 0.4) is 0 Å². The van der Waals surface area contributed by atoms with Gasteiger partial charge in [0.1, 0.15) is 0 Å². The minimum absolute atomic E-state index is 0.248. The van der Waals surface area contributed by atoms with Crippen molar-refractivity contribution in [2.45, 2.75) is 40.2 Å². The minimum atomic E-state index is 0.248. The zero-order valence-corrected chi connectivity index (χ0v) is 11.8. The van der Waals surface area contributed by atoms with Crippen molar-refractivity contribution in [3.8, 4) is 0 Å². The first-order valence-corrected chi connectivity index (χ1v) is 6.60. The summed E-state index contributed by atoms with van der Waals surface area (Å²) in [7, 11) is 0. The predicted molar refractivity (Wildman–Crippen MR) is 76.2 cm³/mol. The molecule has 0 amide bonds. The van der Waals surface area contributed by atoms with Crippen molar-refractivity contribution in [1.29, 1.82) is 0 Å². The van der Waals surface area contributed by atoms with Crippen LogP contribution in [0.25, 0.3) is 0 Å². The van der Waals surface area contributed by atoms with E-state index in [0.29, 0.717) is 13.0 Å². The average Bonchev–Trinajstić information content (AvgIpc) is 2.80. The van der Waals surface area contributed by atoms with Crippen LogP contribution in [0.15, 0.2) is 30.9 Å². The topological polar surface area (TPSA) is 34.9 Å². The number of Topliss-reactive ketones (excluding diaryl/α,β-unsaturated/α-hetero) is 1. The molecule has 2 rings (SSSR count). The highest BCUT2D eigenvalue weighted by molar-refractivity contribution is 5.78. The molecule has 0 unspecified atom stereocenters. The van der Waals surface area contributed by atoms with Crippen molar-refractivity contribution in [1.82, 2.24) is 9.55 Å². The summed E-state index contributed by atoms with van der Waals surface area (Å²) in [6, 6.07) is 4.37. The van der Waals surface area contributed by atoms with E-state index in [9.17, 15) is 4.79 Å². The molecule has 1 aromatic carbocycles. The summed E-state index contributed by atoms with van der Waals surface area (Å²) < 4.78 is 1.82. The molecule has 0 saturated heterocycles. The number of aromatic nitrogens is 2. The highest BCUT2D eigenvalue weighted by Crippen LogP contribution is 2.18. The van der Waals surface area contributed by atoms with Crippen molar-refractivity contribution in [2.75, 3.05) is 0 Å². The molecule has 0 aliphatic carbocycles. The lowest BCUT2D eigenvalue weighted by molar-refractivity contribution is -0.119. The fourth-order valence-corrected chi connectivity index (χ4v) is 2.53. The lowest BCUT2D eigenvalue weighted by Crippen LogP contribution is -2.10. The Morgan fingerprint density at radius 1 is 1.21 bits per heavy atom. The van der Waals surface area contributed by atoms with Crippen LogP contribution in [0.4, 0.5) is 0 Å². The molecule has 0 fully saturated rings. The lowest BCUT2D eigenvalue weighted by Gasteiger charge is -2.11. The van der Waals surface area contributed by atoms with Gasteiger partial charge in [0.25, 0.3) is 0 Å². The highest BCUT2D eigenvalue weighted by atomic mass is 16.1. The van der Waals surface area contributed by atoms with Gasteiger partial charge in [-0.05, 0) is 43.9 Å². The largest absolute Gasteiger partial charge is 0.330 e. The van der Waals surface area contributed by atoms with Crippen molar-refractivity contribution < 1.29 is 4.79 Å². The van der Waals surface area contributed by atoms with Crippen LogP contribution < -0.4 is 0 Å². The minimum Gasteiger partial charge on any atom is -0.330 e. The predicted octanol–water partition coefficient (Wildman–Crippen LogP) is 3.01.